The third kappa shape index (κ3) is 7.46. The highest BCUT2D eigenvalue weighted by Crippen LogP contribution is 2.23. The van der Waals surface area contributed by atoms with E-state index in [0.29, 0.717) is 13.1 Å². The Bertz CT molecular complexity index is 731. The molecule has 0 atom stereocenters. The normalized spacial score (nSPS) is 15.5. The minimum absolute atomic E-state index is 0. The fourth-order valence-electron chi connectivity index (χ4n) is 3.06. The van der Waals surface area contributed by atoms with Crippen molar-refractivity contribution in [2.24, 2.45) is 4.99 Å². The Morgan fingerprint density at radius 3 is 2.44 bits per heavy atom. The summed E-state index contributed by atoms with van der Waals surface area (Å²) in [5.41, 5.74) is 3.97. The molecule has 0 radical (unpaired) electrons. The summed E-state index contributed by atoms with van der Waals surface area (Å²) in [6.45, 7) is 11.5. The standard InChI is InChI=1S/C18H31N5O2S.HI/c1-5-19-18(20-9-10-21-26(4,24)25)23-13-11-22(12-14-23)17-8-6-7-15(2)16(17)3;/h6-8,21H,5,9-14H2,1-4H3,(H,19,20);1H. The van der Waals surface area contributed by atoms with Gasteiger partial charge < -0.3 is 15.1 Å². The number of sulfonamides is 1. The summed E-state index contributed by atoms with van der Waals surface area (Å²) < 4.78 is 24.7. The first-order valence-electron chi connectivity index (χ1n) is 9.11. The van der Waals surface area contributed by atoms with Crippen LogP contribution in [0.4, 0.5) is 5.69 Å². The molecule has 2 N–H and O–H groups in total. The summed E-state index contributed by atoms with van der Waals surface area (Å²) in [5.74, 6) is 0.850. The monoisotopic (exact) mass is 509 g/mol. The minimum atomic E-state index is -3.16. The van der Waals surface area contributed by atoms with E-state index >= 15 is 0 Å². The molecule has 0 spiro atoms. The van der Waals surface area contributed by atoms with E-state index in [1.165, 1.54) is 16.8 Å². The van der Waals surface area contributed by atoms with E-state index in [1.807, 2.05) is 6.92 Å². The molecule has 0 unspecified atom stereocenters. The summed E-state index contributed by atoms with van der Waals surface area (Å²) in [6, 6.07) is 6.45. The van der Waals surface area contributed by atoms with Crippen LogP contribution >= 0.6 is 24.0 Å². The first-order valence-corrected chi connectivity index (χ1v) is 11.0. The third-order valence-corrected chi connectivity index (χ3v) is 5.30. The number of piperazine rings is 1. The molecule has 27 heavy (non-hydrogen) atoms. The maximum atomic E-state index is 11.1. The quantitative estimate of drug-likeness (QED) is 0.264. The first kappa shape index (κ1) is 24.0. The molecule has 0 bridgehead atoms. The number of nitrogens with zero attached hydrogens (tertiary/aromatic N) is 3. The third-order valence-electron chi connectivity index (χ3n) is 4.57. The lowest BCUT2D eigenvalue weighted by Crippen LogP contribution is -2.52. The van der Waals surface area contributed by atoms with Crippen molar-refractivity contribution in [2.75, 3.05) is 57.0 Å². The van der Waals surface area contributed by atoms with Gasteiger partial charge in [-0.3, -0.25) is 4.99 Å². The summed E-state index contributed by atoms with van der Waals surface area (Å²) in [6.07, 6.45) is 1.16. The molecule has 0 amide bonds. The summed E-state index contributed by atoms with van der Waals surface area (Å²) in [5, 5.41) is 3.31. The van der Waals surface area contributed by atoms with Crippen molar-refractivity contribution in [3.8, 4) is 0 Å². The number of benzene rings is 1. The predicted octanol–water partition coefficient (Wildman–Crippen LogP) is 1.56. The van der Waals surface area contributed by atoms with Gasteiger partial charge in [0.25, 0.3) is 0 Å². The van der Waals surface area contributed by atoms with E-state index in [2.05, 4.69) is 56.9 Å². The molecular weight excluding hydrogens is 477 g/mol. The number of aliphatic imine (C=N–C) groups is 1. The molecule has 1 aromatic rings. The number of rotatable bonds is 6. The highest BCUT2D eigenvalue weighted by molar-refractivity contribution is 14.0. The van der Waals surface area contributed by atoms with Crippen molar-refractivity contribution < 1.29 is 8.42 Å². The Balaban J connectivity index is 0.00000364. The van der Waals surface area contributed by atoms with E-state index in [1.54, 1.807) is 0 Å². The molecule has 1 aliphatic heterocycles. The lowest BCUT2D eigenvalue weighted by molar-refractivity contribution is 0.372. The number of hydrogen-bond acceptors (Lipinski definition) is 4. The second-order valence-electron chi connectivity index (χ2n) is 6.60. The van der Waals surface area contributed by atoms with Crippen LogP contribution in [-0.4, -0.2) is 71.3 Å². The van der Waals surface area contributed by atoms with Crippen LogP contribution in [0, 0.1) is 13.8 Å². The number of halogens is 1. The topological polar surface area (TPSA) is 77.0 Å². The lowest BCUT2D eigenvalue weighted by Gasteiger charge is -2.38. The van der Waals surface area contributed by atoms with Gasteiger partial charge in [0, 0.05) is 45.0 Å². The fourth-order valence-corrected chi connectivity index (χ4v) is 3.52. The fraction of sp³-hybridized carbons (Fsp3) is 0.611. The molecule has 2 rings (SSSR count). The van der Waals surface area contributed by atoms with Crippen LogP contribution in [0.3, 0.4) is 0 Å². The molecule has 1 fully saturated rings. The summed E-state index contributed by atoms with van der Waals surface area (Å²) in [7, 11) is -3.16. The first-order chi connectivity index (χ1) is 12.3. The molecule has 1 aromatic carbocycles. The van der Waals surface area contributed by atoms with Gasteiger partial charge in [-0.2, -0.15) is 0 Å². The molecule has 0 aromatic heterocycles. The minimum Gasteiger partial charge on any atom is -0.368 e. The Kier molecular flexibility index (Phi) is 9.82. The van der Waals surface area contributed by atoms with Crippen LogP contribution in [0.5, 0.6) is 0 Å². The average molecular weight is 509 g/mol. The van der Waals surface area contributed by atoms with Gasteiger partial charge in [-0.25, -0.2) is 13.1 Å². The van der Waals surface area contributed by atoms with E-state index < -0.39 is 10.0 Å². The van der Waals surface area contributed by atoms with E-state index in [0.717, 1.165) is 44.9 Å². The van der Waals surface area contributed by atoms with E-state index in [9.17, 15) is 8.42 Å². The number of nitrogens with one attached hydrogen (secondary N) is 2. The second kappa shape index (κ2) is 11.1. The Morgan fingerprint density at radius 2 is 1.85 bits per heavy atom. The second-order valence-corrected chi connectivity index (χ2v) is 8.43. The van der Waals surface area contributed by atoms with Crippen LogP contribution in [0.1, 0.15) is 18.1 Å². The SMILES string of the molecule is CCNC(=NCCNS(C)(=O)=O)N1CCN(c2cccc(C)c2C)CC1.I. The maximum absolute atomic E-state index is 11.1. The summed E-state index contributed by atoms with van der Waals surface area (Å²) >= 11 is 0. The zero-order chi connectivity index (χ0) is 19.2. The van der Waals surface area contributed by atoms with Gasteiger partial charge in [-0.1, -0.05) is 12.1 Å². The highest BCUT2D eigenvalue weighted by atomic mass is 127. The lowest BCUT2D eigenvalue weighted by atomic mass is 10.1. The van der Waals surface area contributed by atoms with Gasteiger partial charge in [0.05, 0.1) is 12.8 Å². The van der Waals surface area contributed by atoms with Crippen molar-refractivity contribution in [1.82, 2.24) is 14.9 Å². The van der Waals surface area contributed by atoms with Crippen molar-refractivity contribution >= 4 is 45.6 Å². The van der Waals surface area contributed by atoms with Gasteiger partial charge >= 0.3 is 0 Å². The smallest absolute Gasteiger partial charge is 0.208 e. The molecule has 1 aliphatic rings. The molecule has 7 nitrogen and oxygen atoms in total. The van der Waals surface area contributed by atoms with Gasteiger partial charge in [0.15, 0.2) is 5.96 Å². The van der Waals surface area contributed by atoms with E-state index in [-0.39, 0.29) is 24.0 Å². The Morgan fingerprint density at radius 1 is 1.19 bits per heavy atom. The van der Waals surface area contributed by atoms with Crippen LogP contribution in [0.2, 0.25) is 0 Å². The van der Waals surface area contributed by atoms with Crippen molar-refractivity contribution in [3.63, 3.8) is 0 Å². The molecule has 1 saturated heterocycles. The van der Waals surface area contributed by atoms with Crippen molar-refractivity contribution in [2.45, 2.75) is 20.8 Å². The highest BCUT2D eigenvalue weighted by Gasteiger charge is 2.21. The number of aryl methyl sites for hydroxylation is 1. The van der Waals surface area contributed by atoms with Gasteiger partial charge in [-0.15, -0.1) is 24.0 Å². The Labute approximate surface area is 180 Å². The van der Waals surface area contributed by atoms with E-state index in [4.69, 9.17) is 0 Å². The van der Waals surface area contributed by atoms with Gasteiger partial charge in [0.2, 0.25) is 10.0 Å². The van der Waals surface area contributed by atoms with Crippen LogP contribution in [-0.2, 0) is 10.0 Å². The predicted molar refractivity (Wildman–Crippen MR) is 124 cm³/mol. The number of guanidine groups is 1. The van der Waals surface area contributed by atoms with Gasteiger partial charge in [-0.05, 0) is 38.0 Å². The maximum Gasteiger partial charge on any atom is 0.208 e. The molecule has 0 aliphatic carbocycles. The van der Waals surface area contributed by atoms with Crippen molar-refractivity contribution in [1.29, 1.82) is 0 Å². The summed E-state index contributed by atoms with van der Waals surface area (Å²) in [4.78, 5) is 9.22. The largest absolute Gasteiger partial charge is 0.368 e. The van der Waals surface area contributed by atoms with Crippen molar-refractivity contribution in [3.05, 3.63) is 29.3 Å². The molecular formula is C18H32IN5O2S. The van der Waals surface area contributed by atoms with Crippen LogP contribution in [0.25, 0.3) is 0 Å². The average Bonchev–Trinajstić information content (AvgIpc) is 2.59. The molecule has 0 saturated carbocycles. The zero-order valence-electron chi connectivity index (χ0n) is 16.7. The van der Waals surface area contributed by atoms with Crippen LogP contribution < -0.4 is 14.9 Å². The number of anilines is 1. The molecule has 9 heteroatoms. The zero-order valence-corrected chi connectivity index (χ0v) is 19.8. The molecule has 1 heterocycles. The molecule has 154 valence electrons. The number of hydrogen-bond donors (Lipinski definition) is 2. The van der Waals surface area contributed by atoms with Gasteiger partial charge in [0.1, 0.15) is 0 Å². The Hall–Kier alpha value is -1.07. The van der Waals surface area contributed by atoms with Crippen LogP contribution in [0.15, 0.2) is 23.2 Å².